The van der Waals surface area contributed by atoms with Crippen LogP contribution in [0.4, 0.5) is 0 Å². The summed E-state index contributed by atoms with van der Waals surface area (Å²) in [7, 11) is 0. The lowest BCUT2D eigenvalue weighted by Crippen LogP contribution is -2.10. The molecular formula is C15H11ClN4O2. The highest BCUT2D eigenvalue weighted by atomic mass is 35.5. The SMILES string of the molecule is N#Cc1nnn(CCOc2ccc(Cl)cc2)c1-c1ccco1. The summed E-state index contributed by atoms with van der Waals surface area (Å²) in [6, 6.07) is 12.6. The van der Waals surface area contributed by atoms with Crippen molar-refractivity contribution in [2.75, 3.05) is 6.61 Å². The molecule has 2 aromatic heterocycles. The second-order valence-electron chi connectivity index (χ2n) is 4.40. The van der Waals surface area contributed by atoms with Crippen molar-refractivity contribution in [1.82, 2.24) is 15.0 Å². The van der Waals surface area contributed by atoms with Crippen LogP contribution in [0.25, 0.3) is 11.5 Å². The van der Waals surface area contributed by atoms with Crippen LogP contribution in [0.5, 0.6) is 5.75 Å². The molecule has 0 fully saturated rings. The van der Waals surface area contributed by atoms with Gasteiger partial charge in [0.1, 0.15) is 24.1 Å². The Kier molecular flexibility index (Phi) is 4.08. The van der Waals surface area contributed by atoms with Crippen LogP contribution in [-0.2, 0) is 6.54 Å². The van der Waals surface area contributed by atoms with Crippen LogP contribution in [0.2, 0.25) is 5.02 Å². The average molecular weight is 315 g/mol. The summed E-state index contributed by atoms with van der Waals surface area (Å²) in [6.45, 7) is 0.816. The van der Waals surface area contributed by atoms with Gasteiger partial charge in [0.05, 0.1) is 12.8 Å². The number of hydrogen-bond donors (Lipinski definition) is 0. The maximum absolute atomic E-state index is 9.11. The fraction of sp³-hybridized carbons (Fsp3) is 0.133. The molecule has 1 aromatic carbocycles. The van der Waals surface area contributed by atoms with Crippen molar-refractivity contribution >= 4 is 11.6 Å². The topological polar surface area (TPSA) is 76.9 Å². The van der Waals surface area contributed by atoms with Crippen LogP contribution in [0.1, 0.15) is 5.69 Å². The smallest absolute Gasteiger partial charge is 0.193 e. The number of nitrogens with zero attached hydrogens (tertiary/aromatic N) is 4. The van der Waals surface area contributed by atoms with Crippen molar-refractivity contribution in [2.45, 2.75) is 6.54 Å². The van der Waals surface area contributed by atoms with Crippen molar-refractivity contribution < 1.29 is 9.15 Å². The fourth-order valence-corrected chi connectivity index (χ4v) is 2.11. The summed E-state index contributed by atoms with van der Waals surface area (Å²) in [6.07, 6.45) is 1.54. The molecule has 0 unspecified atom stereocenters. The predicted molar refractivity (Wildman–Crippen MR) is 79.4 cm³/mol. The highest BCUT2D eigenvalue weighted by Gasteiger charge is 2.16. The summed E-state index contributed by atoms with van der Waals surface area (Å²) in [5.41, 5.74) is 0.772. The van der Waals surface area contributed by atoms with E-state index in [1.54, 1.807) is 41.1 Å². The Bertz CT molecular complexity index is 788. The molecular weight excluding hydrogens is 304 g/mol. The lowest BCUT2D eigenvalue weighted by Gasteiger charge is -2.07. The summed E-state index contributed by atoms with van der Waals surface area (Å²) in [4.78, 5) is 0. The summed E-state index contributed by atoms with van der Waals surface area (Å²) in [5.74, 6) is 1.26. The molecule has 2 heterocycles. The third-order valence-electron chi connectivity index (χ3n) is 2.98. The highest BCUT2D eigenvalue weighted by Crippen LogP contribution is 2.22. The van der Waals surface area contributed by atoms with Crippen molar-refractivity contribution in [3.8, 4) is 23.3 Å². The van der Waals surface area contributed by atoms with E-state index in [2.05, 4.69) is 10.3 Å². The molecule has 110 valence electrons. The van der Waals surface area contributed by atoms with E-state index >= 15 is 0 Å². The van der Waals surface area contributed by atoms with Crippen LogP contribution < -0.4 is 4.74 Å². The first-order valence-electron chi connectivity index (χ1n) is 6.54. The zero-order valence-electron chi connectivity index (χ0n) is 11.4. The highest BCUT2D eigenvalue weighted by molar-refractivity contribution is 6.30. The van der Waals surface area contributed by atoms with E-state index in [1.807, 2.05) is 6.07 Å². The minimum absolute atomic E-state index is 0.224. The second kappa shape index (κ2) is 6.33. The van der Waals surface area contributed by atoms with Gasteiger partial charge in [0.25, 0.3) is 0 Å². The molecule has 6 nitrogen and oxygen atoms in total. The number of benzene rings is 1. The first-order chi connectivity index (χ1) is 10.8. The zero-order chi connectivity index (χ0) is 15.4. The molecule has 0 atom stereocenters. The van der Waals surface area contributed by atoms with E-state index in [9.17, 15) is 0 Å². The van der Waals surface area contributed by atoms with E-state index in [0.29, 0.717) is 35.4 Å². The van der Waals surface area contributed by atoms with Crippen LogP contribution >= 0.6 is 11.6 Å². The molecule has 0 N–H and O–H groups in total. The van der Waals surface area contributed by atoms with Gasteiger partial charge >= 0.3 is 0 Å². The maximum Gasteiger partial charge on any atom is 0.193 e. The van der Waals surface area contributed by atoms with Crippen LogP contribution in [0.15, 0.2) is 47.1 Å². The number of ether oxygens (including phenoxy) is 1. The molecule has 7 heteroatoms. The van der Waals surface area contributed by atoms with Gasteiger partial charge in [-0.1, -0.05) is 16.8 Å². The lowest BCUT2D eigenvalue weighted by atomic mass is 10.2. The van der Waals surface area contributed by atoms with Gasteiger partial charge in [0.2, 0.25) is 0 Å². The molecule has 0 radical (unpaired) electrons. The van der Waals surface area contributed by atoms with Gasteiger partial charge in [0, 0.05) is 5.02 Å². The zero-order valence-corrected chi connectivity index (χ0v) is 12.2. The number of rotatable bonds is 5. The Morgan fingerprint density at radius 3 is 2.77 bits per heavy atom. The van der Waals surface area contributed by atoms with E-state index in [1.165, 1.54) is 6.26 Å². The van der Waals surface area contributed by atoms with Gasteiger partial charge in [-0.2, -0.15) is 5.26 Å². The van der Waals surface area contributed by atoms with Gasteiger partial charge in [-0.25, -0.2) is 4.68 Å². The molecule has 0 bridgehead atoms. The first-order valence-corrected chi connectivity index (χ1v) is 6.91. The number of furan rings is 1. The van der Waals surface area contributed by atoms with Gasteiger partial charge in [0.15, 0.2) is 11.5 Å². The van der Waals surface area contributed by atoms with Crippen molar-refractivity contribution in [2.24, 2.45) is 0 Å². The van der Waals surface area contributed by atoms with Gasteiger partial charge in [-0.15, -0.1) is 5.10 Å². The number of halogens is 1. The Morgan fingerprint density at radius 2 is 2.09 bits per heavy atom. The van der Waals surface area contributed by atoms with Crippen molar-refractivity contribution in [3.63, 3.8) is 0 Å². The molecule has 0 aliphatic heterocycles. The normalized spacial score (nSPS) is 10.4. The Balaban J connectivity index is 1.72. The summed E-state index contributed by atoms with van der Waals surface area (Å²) in [5, 5.41) is 17.6. The fourth-order valence-electron chi connectivity index (χ4n) is 1.98. The Morgan fingerprint density at radius 1 is 1.27 bits per heavy atom. The third-order valence-corrected chi connectivity index (χ3v) is 3.23. The van der Waals surface area contributed by atoms with Gasteiger partial charge in [-0.05, 0) is 36.4 Å². The lowest BCUT2D eigenvalue weighted by molar-refractivity contribution is 0.290. The summed E-state index contributed by atoms with van der Waals surface area (Å²) >= 11 is 5.82. The molecule has 0 saturated heterocycles. The van der Waals surface area contributed by atoms with Crippen molar-refractivity contribution in [1.29, 1.82) is 5.26 Å². The molecule has 0 amide bonds. The third kappa shape index (κ3) is 2.95. The Labute approximate surface area is 131 Å². The van der Waals surface area contributed by atoms with E-state index < -0.39 is 0 Å². The number of hydrogen-bond acceptors (Lipinski definition) is 5. The molecule has 0 saturated carbocycles. The summed E-state index contributed by atoms with van der Waals surface area (Å²) < 4.78 is 12.5. The molecule has 0 aliphatic rings. The standard InChI is InChI=1S/C15H11ClN4O2/c16-11-3-5-12(6-4-11)21-9-7-20-15(13(10-17)18-19-20)14-2-1-8-22-14/h1-6,8H,7,9H2. The number of nitriles is 1. The largest absolute Gasteiger partial charge is 0.492 e. The maximum atomic E-state index is 9.11. The van der Waals surface area contributed by atoms with Crippen LogP contribution in [0, 0.1) is 11.3 Å². The number of aromatic nitrogens is 3. The monoisotopic (exact) mass is 314 g/mol. The quantitative estimate of drug-likeness (QED) is 0.723. The second-order valence-corrected chi connectivity index (χ2v) is 4.84. The molecule has 0 aliphatic carbocycles. The van der Waals surface area contributed by atoms with Gasteiger partial charge < -0.3 is 9.15 Å². The van der Waals surface area contributed by atoms with E-state index in [4.69, 9.17) is 26.0 Å². The molecule has 3 aromatic rings. The molecule has 3 rings (SSSR count). The average Bonchev–Trinajstić information content (AvgIpc) is 3.17. The predicted octanol–water partition coefficient (Wildman–Crippen LogP) is 3.14. The van der Waals surface area contributed by atoms with Crippen LogP contribution in [-0.4, -0.2) is 21.6 Å². The minimum atomic E-state index is 0.224. The van der Waals surface area contributed by atoms with Gasteiger partial charge in [-0.3, -0.25) is 0 Å². The molecule has 22 heavy (non-hydrogen) atoms. The van der Waals surface area contributed by atoms with E-state index in [0.717, 1.165) is 0 Å². The minimum Gasteiger partial charge on any atom is -0.492 e. The molecule has 0 spiro atoms. The van der Waals surface area contributed by atoms with E-state index in [-0.39, 0.29) is 5.69 Å². The Hall–Kier alpha value is -2.78. The first kappa shape index (κ1) is 14.2. The van der Waals surface area contributed by atoms with Crippen LogP contribution in [0.3, 0.4) is 0 Å². The van der Waals surface area contributed by atoms with Crippen molar-refractivity contribution in [3.05, 3.63) is 53.4 Å².